The smallest absolute Gasteiger partial charge is 0.390 e. The summed E-state index contributed by atoms with van der Waals surface area (Å²) in [7, 11) is 0. The molecule has 0 amide bonds. The number of carboxylic acid groups (broad SMARTS) is 1. The molecule has 1 atom stereocenters. The third-order valence-corrected chi connectivity index (χ3v) is 2.54. The summed E-state index contributed by atoms with van der Waals surface area (Å²) in [5.41, 5.74) is -1.23. The molecule has 0 aliphatic heterocycles. The highest BCUT2D eigenvalue weighted by atomic mass is 19.4. The van der Waals surface area contributed by atoms with Crippen molar-refractivity contribution in [3.8, 4) is 0 Å². The van der Waals surface area contributed by atoms with E-state index in [4.69, 9.17) is 5.11 Å². The predicted molar refractivity (Wildman–Crippen MR) is 56.6 cm³/mol. The highest BCUT2D eigenvalue weighted by Gasteiger charge is 2.44. The zero-order valence-electron chi connectivity index (χ0n) is 9.29. The van der Waals surface area contributed by atoms with Crippen molar-refractivity contribution in [2.45, 2.75) is 25.9 Å². The van der Waals surface area contributed by atoms with Crippen molar-refractivity contribution in [1.82, 2.24) is 0 Å². The SMILES string of the molecule is CC(Cc1ccccc1)(CC(F)(F)F)C(=O)O. The number of aliphatic carboxylic acids is 1. The van der Waals surface area contributed by atoms with Crippen molar-refractivity contribution in [2.75, 3.05) is 0 Å². The van der Waals surface area contributed by atoms with Gasteiger partial charge in [0.25, 0.3) is 0 Å². The Morgan fingerprint density at radius 1 is 1.24 bits per heavy atom. The van der Waals surface area contributed by atoms with E-state index in [1.54, 1.807) is 30.3 Å². The van der Waals surface area contributed by atoms with Gasteiger partial charge in [0.15, 0.2) is 0 Å². The molecule has 0 aliphatic rings. The molecule has 0 aliphatic carbocycles. The quantitative estimate of drug-likeness (QED) is 0.885. The Balaban J connectivity index is 2.90. The molecule has 1 N–H and O–H groups in total. The van der Waals surface area contributed by atoms with Gasteiger partial charge in [0.05, 0.1) is 11.8 Å². The Bertz CT molecular complexity index is 386. The first-order valence-corrected chi connectivity index (χ1v) is 5.07. The van der Waals surface area contributed by atoms with E-state index in [0.717, 1.165) is 6.92 Å². The summed E-state index contributed by atoms with van der Waals surface area (Å²) in [6.45, 7) is 1.12. The minimum atomic E-state index is -4.48. The monoisotopic (exact) mass is 246 g/mol. The molecule has 0 bridgehead atoms. The molecular formula is C12H13F3O2. The standard InChI is InChI=1S/C12H13F3O2/c1-11(10(16)17,8-12(13,14)15)7-9-5-3-2-4-6-9/h2-6H,7-8H2,1H3,(H,16,17). The zero-order valence-corrected chi connectivity index (χ0v) is 9.29. The number of carboxylic acids is 1. The first kappa shape index (κ1) is 13.5. The molecule has 0 heterocycles. The summed E-state index contributed by atoms with van der Waals surface area (Å²) in [5.74, 6) is -1.43. The van der Waals surface area contributed by atoms with E-state index in [1.807, 2.05) is 0 Å². The van der Waals surface area contributed by atoms with E-state index in [0.29, 0.717) is 5.56 Å². The molecular weight excluding hydrogens is 233 g/mol. The van der Waals surface area contributed by atoms with Crippen LogP contribution in [0.25, 0.3) is 0 Å². The second-order valence-electron chi connectivity index (χ2n) is 4.32. The zero-order chi connectivity index (χ0) is 13.1. The number of alkyl halides is 3. The van der Waals surface area contributed by atoms with E-state index < -0.39 is 24.0 Å². The van der Waals surface area contributed by atoms with Crippen LogP contribution in [0.15, 0.2) is 30.3 Å². The van der Waals surface area contributed by atoms with Crippen LogP contribution in [0.2, 0.25) is 0 Å². The molecule has 0 radical (unpaired) electrons. The molecule has 17 heavy (non-hydrogen) atoms. The molecule has 1 aromatic rings. The van der Waals surface area contributed by atoms with Gasteiger partial charge in [0.2, 0.25) is 0 Å². The second kappa shape index (κ2) is 4.77. The molecule has 5 heteroatoms. The molecule has 2 nitrogen and oxygen atoms in total. The van der Waals surface area contributed by atoms with Gasteiger partial charge in [-0.3, -0.25) is 4.79 Å². The van der Waals surface area contributed by atoms with Crippen molar-refractivity contribution >= 4 is 5.97 Å². The van der Waals surface area contributed by atoms with Gasteiger partial charge in [-0.25, -0.2) is 0 Å². The largest absolute Gasteiger partial charge is 0.481 e. The highest BCUT2D eigenvalue weighted by Crippen LogP contribution is 2.36. The van der Waals surface area contributed by atoms with Crippen molar-refractivity contribution in [1.29, 1.82) is 0 Å². The van der Waals surface area contributed by atoms with Crippen molar-refractivity contribution in [2.24, 2.45) is 5.41 Å². The minimum absolute atomic E-state index is 0.136. The van der Waals surface area contributed by atoms with Crippen molar-refractivity contribution in [3.63, 3.8) is 0 Å². The van der Waals surface area contributed by atoms with Gasteiger partial charge in [-0.15, -0.1) is 0 Å². The Labute approximate surface area is 97.1 Å². The van der Waals surface area contributed by atoms with Crippen LogP contribution in [0.4, 0.5) is 13.2 Å². The number of rotatable bonds is 4. The normalized spacial score (nSPS) is 15.3. The average molecular weight is 246 g/mol. The van der Waals surface area contributed by atoms with Gasteiger partial charge in [0, 0.05) is 0 Å². The molecule has 0 saturated carbocycles. The lowest BCUT2D eigenvalue weighted by Crippen LogP contribution is -2.35. The van der Waals surface area contributed by atoms with Gasteiger partial charge in [-0.05, 0) is 18.9 Å². The van der Waals surface area contributed by atoms with Crippen LogP contribution in [0.1, 0.15) is 18.9 Å². The second-order valence-corrected chi connectivity index (χ2v) is 4.32. The maximum absolute atomic E-state index is 12.4. The lowest BCUT2D eigenvalue weighted by atomic mass is 9.80. The van der Waals surface area contributed by atoms with Crippen LogP contribution in [0.3, 0.4) is 0 Å². The Hall–Kier alpha value is -1.52. The third-order valence-electron chi connectivity index (χ3n) is 2.54. The lowest BCUT2D eigenvalue weighted by Gasteiger charge is -2.26. The molecule has 1 unspecified atom stereocenters. The van der Waals surface area contributed by atoms with E-state index in [2.05, 4.69) is 0 Å². The maximum atomic E-state index is 12.4. The molecule has 0 fully saturated rings. The molecule has 0 aromatic heterocycles. The number of hydrogen-bond donors (Lipinski definition) is 1. The van der Waals surface area contributed by atoms with Gasteiger partial charge in [0.1, 0.15) is 0 Å². The first-order valence-electron chi connectivity index (χ1n) is 5.07. The van der Waals surface area contributed by atoms with E-state index in [1.165, 1.54) is 0 Å². The lowest BCUT2D eigenvalue weighted by molar-refractivity contribution is -0.176. The van der Waals surface area contributed by atoms with Crippen LogP contribution in [-0.2, 0) is 11.2 Å². The van der Waals surface area contributed by atoms with Crippen LogP contribution in [0, 0.1) is 5.41 Å². The van der Waals surface area contributed by atoms with E-state index in [9.17, 15) is 18.0 Å². The molecule has 94 valence electrons. The first-order chi connectivity index (χ1) is 7.73. The summed E-state index contributed by atoms with van der Waals surface area (Å²) >= 11 is 0. The fourth-order valence-corrected chi connectivity index (χ4v) is 1.70. The van der Waals surface area contributed by atoms with E-state index >= 15 is 0 Å². The third kappa shape index (κ3) is 4.09. The van der Waals surface area contributed by atoms with E-state index in [-0.39, 0.29) is 6.42 Å². The molecule has 1 rings (SSSR count). The van der Waals surface area contributed by atoms with Gasteiger partial charge >= 0.3 is 12.1 Å². The number of halogens is 3. The summed E-state index contributed by atoms with van der Waals surface area (Å²) in [4.78, 5) is 11.0. The molecule has 1 aromatic carbocycles. The molecule has 0 saturated heterocycles. The van der Waals surface area contributed by atoms with Crippen molar-refractivity contribution < 1.29 is 23.1 Å². The minimum Gasteiger partial charge on any atom is -0.481 e. The van der Waals surface area contributed by atoms with Crippen LogP contribution < -0.4 is 0 Å². The van der Waals surface area contributed by atoms with Crippen molar-refractivity contribution in [3.05, 3.63) is 35.9 Å². The number of hydrogen-bond acceptors (Lipinski definition) is 1. The summed E-state index contributed by atoms with van der Waals surface area (Å²) in [6, 6.07) is 8.32. The Kier molecular flexibility index (Phi) is 3.80. The topological polar surface area (TPSA) is 37.3 Å². The number of carbonyl (C=O) groups is 1. The maximum Gasteiger partial charge on any atom is 0.390 e. The van der Waals surface area contributed by atoms with Gasteiger partial charge in [-0.2, -0.15) is 13.2 Å². The van der Waals surface area contributed by atoms with Crippen LogP contribution >= 0.6 is 0 Å². The predicted octanol–water partition coefficient (Wildman–Crippen LogP) is 3.27. The highest BCUT2D eigenvalue weighted by molar-refractivity contribution is 5.74. The average Bonchev–Trinajstić information content (AvgIpc) is 2.15. The Morgan fingerprint density at radius 3 is 2.18 bits per heavy atom. The van der Waals surface area contributed by atoms with Crippen LogP contribution in [0.5, 0.6) is 0 Å². The fraction of sp³-hybridized carbons (Fsp3) is 0.417. The summed E-state index contributed by atoms with van der Waals surface area (Å²) in [6.07, 6.45) is -5.95. The fourth-order valence-electron chi connectivity index (χ4n) is 1.70. The van der Waals surface area contributed by atoms with Gasteiger partial charge in [-0.1, -0.05) is 30.3 Å². The summed E-state index contributed by atoms with van der Waals surface area (Å²) in [5, 5.41) is 8.96. The number of benzene rings is 1. The summed E-state index contributed by atoms with van der Waals surface area (Å²) < 4.78 is 37.1. The Morgan fingerprint density at radius 2 is 1.76 bits per heavy atom. The molecule has 0 spiro atoms. The van der Waals surface area contributed by atoms with Gasteiger partial charge < -0.3 is 5.11 Å². The van der Waals surface area contributed by atoms with Crippen LogP contribution in [-0.4, -0.2) is 17.3 Å².